The summed E-state index contributed by atoms with van der Waals surface area (Å²) in [6.45, 7) is 4.23. The van der Waals surface area contributed by atoms with Crippen molar-refractivity contribution in [3.8, 4) is 5.75 Å². The molecule has 0 aliphatic carbocycles. The highest BCUT2D eigenvalue weighted by atomic mass is 32.2. The van der Waals surface area contributed by atoms with Crippen LogP contribution in [0.3, 0.4) is 0 Å². The van der Waals surface area contributed by atoms with Gasteiger partial charge in [-0.1, -0.05) is 17.8 Å². The highest BCUT2D eigenvalue weighted by Gasteiger charge is 2.18. The molecule has 1 heterocycles. The fraction of sp³-hybridized carbons (Fsp3) is 0.292. The quantitative estimate of drug-likeness (QED) is 0.350. The molecule has 3 aromatic rings. The Kier molecular flexibility index (Phi) is 8.48. The average molecular weight is 499 g/mol. The van der Waals surface area contributed by atoms with E-state index in [0.29, 0.717) is 11.0 Å². The number of hydrogen-bond acceptors (Lipinski definition) is 9. The fourth-order valence-corrected chi connectivity index (χ4v) is 3.99. The van der Waals surface area contributed by atoms with Crippen LogP contribution in [0, 0.1) is 13.8 Å². The van der Waals surface area contributed by atoms with Gasteiger partial charge in [0.15, 0.2) is 11.0 Å². The lowest BCUT2D eigenvalue weighted by Crippen LogP contribution is -2.18. The average Bonchev–Trinajstić information content (AvgIpc) is 3.18. The van der Waals surface area contributed by atoms with Gasteiger partial charge in [-0.05, 0) is 55.3 Å². The van der Waals surface area contributed by atoms with Crippen LogP contribution in [0.5, 0.6) is 5.75 Å². The number of aromatic nitrogens is 3. The number of amides is 1. The van der Waals surface area contributed by atoms with Gasteiger partial charge in [0.1, 0.15) is 12.4 Å². The molecule has 184 valence electrons. The van der Waals surface area contributed by atoms with Crippen LogP contribution in [0.2, 0.25) is 0 Å². The first kappa shape index (κ1) is 25.8. The zero-order chi connectivity index (χ0) is 25.5. The molecule has 0 unspecified atom stereocenters. The summed E-state index contributed by atoms with van der Waals surface area (Å²) >= 11 is 1.17. The number of nitrogens with zero attached hydrogens (tertiary/aromatic N) is 3. The number of nitrogens with one attached hydrogen (secondary N) is 1. The molecular formula is C24H26N4O6S. The van der Waals surface area contributed by atoms with Crippen LogP contribution in [0.15, 0.2) is 41.6 Å². The molecule has 3 rings (SSSR count). The summed E-state index contributed by atoms with van der Waals surface area (Å²) in [4.78, 5) is 36.5. The molecule has 0 radical (unpaired) electrons. The highest BCUT2D eigenvalue weighted by Crippen LogP contribution is 2.22. The molecule has 0 atom stereocenters. The van der Waals surface area contributed by atoms with Crippen molar-refractivity contribution in [1.29, 1.82) is 0 Å². The Morgan fingerprint density at radius 3 is 2.31 bits per heavy atom. The highest BCUT2D eigenvalue weighted by molar-refractivity contribution is 7.99. The van der Waals surface area contributed by atoms with Crippen LogP contribution in [-0.2, 0) is 27.9 Å². The summed E-state index contributed by atoms with van der Waals surface area (Å²) < 4.78 is 17.1. The van der Waals surface area contributed by atoms with E-state index < -0.39 is 17.8 Å². The second kappa shape index (κ2) is 11.5. The summed E-state index contributed by atoms with van der Waals surface area (Å²) in [5.74, 6) is -0.307. The second-order valence-electron chi connectivity index (χ2n) is 7.65. The van der Waals surface area contributed by atoms with Crippen LogP contribution in [-0.4, -0.2) is 52.6 Å². The topological polar surface area (TPSA) is 122 Å². The minimum atomic E-state index is -0.647. The lowest BCUT2D eigenvalue weighted by atomic mass is 10.1. The van der Waals surface area contributed by atoms with Gasteiger partial charge in [0, 0.05) is 7.05 Å². The Labute approximate surface area is 207 Å². The Hall–Kier alpha value is -3.86. The summed E-state index contributed by atoms with van der Waals surface area (Å²) in [5, 5.41) is 11.5. The Morgan fingerprint density at radius 1 is 0.971 bits per heavy atom. The van der Waals surface area contributed by atoms with Crippen LogP contribution >= 0.6 is 11.8 Å². The van der Waals surface area contributed by atoms with Crippen molar-refractivity contribution in [3.05, 3.63) is 64.5 Å². The molecule has 2 aromatic carbocycles. The maximum absolute atomic E-state index is 12.6. The molecule has 1 amide bonds. The van der Waals surface area contributed by atoms with Crippen molar-refractivity contribution in [2.75, 3.05) is 25.3 Å². The van der Waals surface area contributed by atoms with E-state index in [-0.39, 0.29) is 29.2 Å². The number of anilines is 1. The number of carbonyl (C=O) groups excluding carboxylic acids is 3. The van der Waals surface area contributed by atoms with E-state index in [2.05, 4.69) is 21.6 Å². The predicted molar refractivity (Wildman–Crippen MR) is 130 cm³/mol. The van der Waals surface area contributed by atoms with Gasteiger partial charge in [0.05, 0.1) is 36.8 Å². The number of benzene rings is 2. The summed E-state index contributed by atoms with van der Waals surface area (Å²) in [5.41, 5.74) is 2.65. The standard InChI is InChI=1S/C24H26N4O6S/c1-14-8-15(2)10-17(9-14)34-12-20-26-27-24(28(20)3)35-13-21(29)25-19-11-16(22(30)32-4)6-7-18(19)23(31)33-5/h6-11H,12-13H2,1-5H3,(H,25,29). The monoisotopic (exact) mass is 498 g/mol. The first-order chi connectivity index (χ1) is 16.7. The molecule has 0 saturated heterocycles. The van der Waals surface area contributed by atoms with Gasteiger partial charge >= 0.3 is 11.9 Å². The third-order valence-corrected chi connectivity index (χ3v) is 5.96. The van der Waals surface area contributed by atoms with Crippen molar-refractivity contribution in [3.63, 3.8) is 0 Å². The van der Waals surface area contributed by atoms with Gasteiger partial charge in [-0.3, -0.25) is 4.79 Å². The van der Waals surface area contributed by atoms with Gasteiger partial charge in [-0.15, -0.1) is 10.2 Å². The molecule has 0 spiro atoms. The third kappa shape index (κ3) is 6.60. The zero-order valence-electron chi connectivity index (χ0n) is 20.1. The van der Waals surface area contributed by atoms with E-state index in [9.17, 15) is 14.4 Å². The number of ether oxygens (including phenoxy) is 3. The van der Waals surface area contributed by atoms with Gasteiger partial charge in [0.2, 0.25) is 5.91 Å². The van der Waals surface area contributed by atoms with E-state index in [1.807, 2.05) is 26.0 Å². The number of esters is 2. The summed E-state index contributed by atoms with van der Waals surface area (Å²) in [7, 11) is 4.26. The maximum atomic E-state index is 12.6. The van der Waals surface area contributed by atoms with Gasteiger partial charge in [-0.2, -0.15) is 0 Å². The normalized spacial score (nSPS) is 10.5. The lowest BCUT2D eigenvalue weighted by molar-refractivity contribution is -0.113. The second-order valence-corrected chi connectivity index (χ2v) is 8.59. The van der Waals surface area contributed by atoms with E-state index in [1.165, 1.54) is 44.2 Å². The fourth-order valence-electron chi connectivity index (χ4n) is 3.26. The van der Waals surface area contributed by atoms with Gasteiger partial charge < -0.3 is 24.1 Å². The van der Waals surface area contributed by atoms with E-state index in [1.54, 1.807) is 11.6 Å². The van der Waals surface area contributed by atoms with E-state index in [4.69, 9.17) is 14.2 Å². The molecule has 0 fully saturated rings. The lowest BCUT2D eigenvalue weighted by Gasteiger charge is -2.11. The molecular weight excluding hydrogens is 472 g/mol. The Morgan fingerprint density at radius 2 is 1.66 bits per heavy atom. The van der Waals surface area contributed by atoms with Crippen molar-refractivity contribution in [2.45, 2.75) is 25.6 Å². The molecule has 0 bridgehead atoms. The summed E-state index contributed by atoms with van der Waals surface area (Å²) in [6.07, 6.45) is 0. The molecule has 0 aliphatic heterocycles. The first-order valence-electron chi connectivity index (χ1n) is 10.5. The van der Waals surface area contributed by atoms with Gasteiger partial charge in [0.25, 0.3) is 0 Å². The van der Waals surface area contributed by atoms with Crippen molar-refractivity contribution < 1.29 is 28.6 Å². The van der Waals surface area contributed by atoms with Crippen LogP contribution in [0.1, 0.15) is 37.7 Å². The van der Waals surface area contributed by atoms with E-state index in [0.717, 1.165) is 16.9 Å². The maximum Gasteiger partial charge on any atom is 0.339 e. The van der Waals surface area contributed by atoms with E-state index >= 15 is 0 Å². The Balaban J connectivity index is 1.64. The molecule has 0 aliphatic rings. The summed E-state index contributed by atoms with van der Waals surface area (Å²) in [6, 6.07) is 10.1. The molecule has 11 heteroatoms. The van der Waals surface area contributed by atoms with Crippen LogP contribution in [0.25, 0.3) is 0 Å². The minimum Gasteiger partial charge on any atom is -0.486 e. The number of carbonyl (C=O) groups is 3. The van der Waals surface area contributed by atoms with Crippen molar-refractivity contribution >= 4 is 35.3 Å². The first-order valence-corrected chi connectivity index (χ1v) is 11.5. The van der Waals surface area contributed by atoms with Gasteiger partial charge in [-0.25, -0.2) is 9.59 Å². The predicted octanol–water partition coefficient (Wildman–Crippen LogP) is 3.31. The van der Waals surface area contributed by atoms with Crippen LogP contribution in [0.4, 0.5) is 5.69 Å². The minimum absolute atomic E-state index is 0.00697. The van der Waals surface area contributed by atoms with Crippen LogP contribution < -0.4 is 10.1 Å². The molecule has 10 nitrogen and oxygen atoms in total. The number of hydrogen-bond donors (Lipinski definition) is 1. The molecule has 0 saturated carbocycles. The third-order valence-electron chi connectivity index (χ3n) is 4.94. The molecule has 35 heavy (non-hydrogen) atoms. The Bertz CT molecular complexity index is 1240. The van der Waals surface area contributed by atoms with Crippen molar-refractivity contribution in [2.24, 2.45) is 7.05 Å². The smallest absolute Gasteiger partial charge is 0.339 e. The SMILES string of the molecule is COC(=O)c1ccc(C(=O)OC)c(NC(=O)CSc2nnc(COc3cc(C)cc(C)c3)n2C)c1. The molecule has 1 aromatic heterocycles. The number of thioether (sulfide) groups is 1. The number of aryl methyl sites for hydroxylation is 2. The number of rotatable bonds is 9. The largest absolute Gasteiger partial charge is 0.486 e. The number of methoxy groups -OCH3 is 2. The van der Waals surface area contributed by atoms with Crippen molar-refractivity contribution in [1.82, 2.24) is 14.8 Å². The molecule has 1 N–H and O–H groups in total. The zero-order valence-corrected chi connectivity index (χ0v) is 20.9.